The Morgan fingerprint density at radius 1 is 1.00 bits per heavy atom. The number of halogens is 3. The van der Waals surface area contributed by atoms with Crippen molar-refractivity contribution in [3.63, 3.8) is 0 Å². The van der Waals surface area contributed by atoms with Crippen LogP contribution in [0, 0.1) is 0 Å². The molecule has 0 fully saturated rings. The fourth-order valence-corrected chi connectivity index (χ4v) is 1.68. The second kappa shape index (κ2) is 6.98. The maximum atomic E-state index is 12.1. The van der Waals surface area contributed by atoms with E-state index in [4.69, 9.17) is 4.74 Å². The molecule has 0 amide bonds. The smallest absolute Gasteiger partial charge is 0.422 e. The van der Waals surface area contributed by atoms with Crippen molar-refractivity contribution in [2.24, 2.45) is 0 Å². The summed E-state index contributed by atoms with van der Waals surface area (Å²) in [5.74, 6) is -0.659. The highest BCUT2D eigenvalue weighted by Crippen LogP contribution is 2.20. The first kappa shape index (κ1) is 15.9. The van der Waals surface area contributed by atoms with Crippen LogP contribution in [0.1, 0.15) is 15.9 Å². The van der Waals surface area contributed by atoms with Gasteiger partial charge in [0.1, 0.15) is 12.4 Å². The van der Waals surface area contributed by atoms with E-state index in [1.54, 1.807) is 12.1 Å². The van der Waals surface area contributed by atoms with Crippen LogP contribution in [0.5, 0.6) is 5.75 Å². The van der Waals surface area contributed by atoms with Crippen molar-refractivity contribution in [1.29, 1.82) is 0 Å². The number of ether oxygens (including phenoxy) is 2. The molecule has 0 saturated carbocycles. The SMILES string of the molecule is O=C(OCc1ccccc1)c1cccc(OCC(F)(F)F)c1. The van der Waals surface area contributed by atoms with Gasteiger partial charge in [0.2, 0.25) is 0 Å². The maximum Gasteiger partial charge on any atom is 0.422 e. The zero-order valence-electron chi connectivity index (χ0n) is 11.5. The van der Waals surface area contributed by atoms with Crippen molar-refractivity contribution in [3.8, 4) is 5.75 Å². The molecule has 0 N–H and O–H groups in total. The lowest BCUT2D eigenvalue weighted by molar-refractivity contribution is -0.153. The Hall–Kier alpha value is -2.50. The predicted molar refractivity (Wildman–Crippen MR) is 73.6 cm³/mol. The summed E-state index contributed by atoms with van der Waals surface area (Å²) >= 11 is 0. The molecule has 0 saturated heterocycles. The summed E-state index contributed by atoms with van der Waals surface area (Å²) in [5, 5.41) is 0. The van der Waals surface area contributed by atoms with Gasteiger partial charge in [-0.3, -0.25) is 0 Å². The van der Waals surface area contributed by atoms with Crippen LogP contribution in [0.15, 0.2) is 54.6 Å². The van der Waals surface area contributed by atoms with Gasteiger partial charge in [-0.1, -0.05) is 36.4 Å². The molecule has 3 nitrogen and oxygen atoms in total. The molecule has 0 atom stereocenters. The number of esters is 1. The van der Waals surface area contributed by atoms with Crippen molar-refractivity contribution < 1.29 is 27.4 Å². The number of benzene rings is 2. The molecule has 0 unspecified atom stereocenters. The Morgan fingerprint density at radius 3 is 2.41 bits per heavy atom. The third-order valence-electron chi connectivity index (χ3n) is 2.68. The number of carbonyl (C=O) groups excluding carboxylic acids is 1. The summed E-state index contributed by atoms with van der Waals surface area (Å²) in [4.78, 5) is 11.9. The van der Waals surface area contributed by atoms with Gasteiger partial charge in [-0.15, -0.1) is 0 Å². The summed E-state index contributed by atoms with van der Waals surface area (Å²) in [5.41, 5.74) is 0.955. The average molecular weight is 310 g/mol. The van der Waals surface area contributed by atoms with E-state index in [1.807, 2.05) is 18.2 Å². The van der Waals surface area contributed by atoms with Gasteiger partial charge < -0.3 is 9.47 Å². The van der Waals surface area contributed by atoms with Crippen molar-refractivity contribution in [2.45, 2.75) is 12.8 Å². The van der Waals surface area contributed by atoms with Gasteiger partial charge >= 0.3 is 12.1 Å². The Balaban J connectivity index is 1.95. The van der Waals surface area contributed by atoms with Crippen molar-refractivity contribution >= 4 is 5.97 Å². The Bertz CT molecular complexity index is 624. The van der Waals surface area contributed by atoms with Crippen LogP contribution in [-0.2, 0) is 11.3 Å². The first-order valence-corrected chi connectivity index (χ1v) is 6.45. The lowest BCUT2D eigenvalue weighted by Gasteiger charge is -2.10. The lowest BCUT2D eigenvalue weighted by Crippen LogP contribution is -2.19. The Morgan fingerprint density at radius 2 is 1.73 bits per heavy atom. The molecule has 2 aromatic rings. The third kappa shape index (κ3) is 5.12. The monoisotopic (exact) mass is 310 g/mol. The zero-order chi connectivity index (χ0) is 16.0. The number of rotatable bonds is 5. The number of hydrogen-bond donors (Lipinski definition) is 0. The summed E-state index contributed by atoms with van der Waals surface area (Å²) in [6, 6.07) is 14.5. The molecular formula is C16H13F3O3. The summed E-state index contributed by atoms with van der Waals surface area (Å²) < 4.78 is 46.0. The van der Waals surface area contributed by atoms with Gasteiger partial charge in [-0.05, 0) is 23.8 Å². The molecule has 2 aromatic carbocycles. The van der Waals surface area contributed by atoms with Gasteiger partial charge in [-0.25, -0.2) is 4.79 Å². The molecule has 0 aliphatic heterocycles. The molecule has 0 heterocycles. The third-order valence-corrected chi connectivity index (χ3v) is 2.68. The summed E-state index contributed by atoms with van der Waals surface area (Å²) in [6.07, 6.45) is -4.43. The van der Waals surface area contributed by atoms with Crippen LogP contribution >= 0.6 is 0 Å². The van der Waals surface area contributed by atoms with Crippen LogP contribution in [0.3, 0.4) is 0 Å². The Kier molecular flexibility index (Phi) is 5.04. The molecule has 0 aliphatic carbocycles. The van der Waals surface area contributed by atoms with Gasteiger partial charge in [0.15, 0.2) is 6.61 Å². The van der Waals surface area contributed by atoms with E-state index in [1.165, 1.54) is 24.3 Å². The zero-order valence-corrected chi connectivity index (χ0v) is 11.5. The van der Waals surface area contributed by atoms with Crippen LogP contribution < -0.4 is 4.74 Å². The van der Waals surface area contributed by atoms with Gasteiger partial charge in [0.05, 0.1) is 5.56 Å². The highest BCUT2D eigenvalue weighted by molar-refractivity contribution is 5.89. The van der Waals surface area contributed by atoms with Crippen LogP contribution in [-0.4, -0.2) is 18.8 Å². The Labute approximate surface area is 125 Å². The minimum absolute atomic E-state index is 0.0357. The molecule has 0 spiro atoms. The van der Waals surface area contributed by atoms with E-state index >= 15 is 0 Å². The molecule has 2 rings (SSSR count). The van der Waals surface area contributed by atoms with E-state index in [0.29, 0.717) is 0 Å². The van der Waals surface area contributed by atoms with Gasteiger partial charge in [0, 0.05) is 0 Å². The highest BCUT2D eigenvalue weighted by atomic mass is 19.4. The van der Waals surface area contributed by atoms with Gasteiger partial charge in [0.25, 0.3) is 0 Å². The summed E-state index contributed by atoms with van der Waals surface area (Å²) in [7, 11) is 0. The van der Waals surface area contributed by atoms with E-state index < -0.39 is 18.8 Å². The molecule has 22 heavy (non-hydrogen) atoms. The fourth-order valence-electron chi connectivity index (χ4n) is 1.68. The predicted octanol–water partition coefficient (Wildman–Crippen LogP) is 3.98. The molecule has 0 aromatic heterocycles. The molecule has 0 radical (unpaired) electrons. The average Bonchev–Trinajstić information content (AvgIpc) is 2.51. The topological polar surface area (TPSA) is 35.5 Å². The van der Waals surface area contributed by atoms with E-state index in [0.717, 1.165) is 5.56 Å². The largest absolute Gasteiger partial charge is 0.484 e. The van der Waals surface area contributed by atoms with E-state index in [-0.39, 0.29) is 17.9 Å². The van der Waals surface area contributed by atoms with Crippen LogP contribution in [0.25, 0.3) is 0 Å². The normalized spacial score (nSPS) is 11.0. The van der Waals surface area contributed by atoms with Crippen LogP contribution in [0.2, 0.25) is 0 Å². The van der Waals surface area contributed by atoms with E-state index in [2.05, 4.69) is 4.74 Å². The van der Waals surface area contributed by atoms with Crippen molar-refractivity contribution in [2.75, 3.05) is 6.61 Å². The highest BCUT2D eigenvalue weighted by Gasteiger charge is 2.28. The minimum Gasteiger partial charge on any atom is -0.484 e. The van der Waals surface area contributed by atoms with Crippen LogP contribution in [0.4, 0.5) is 13.2 Å². The number of hydrogen-bond acceptors (Lipinski definition) is 3. The molecule has 0 aliphatic rings. The number of carbonyl (C=O) groups is 1. The molecular weight excluding hydrogens is 297 g/mol. The molecule has 116 valence electrons. The summed E-state index contributed by atoms with van der Waals surface area (Å²) in [6.45, 7) is -1.32. The lowest BCUT2D eigenvalue weighted by atomic mass is 10.2. The fraction of sp³-hybridized carbons (Fsp3) is 0.188. The minimum atomic E-state index is -4.43. The molecule has 6 heteroatoms. The second-order valence-corrected chi connectivity index (χ2v) is 4.49. The van der Waals surface area contributed by atoms with E-state index in [9.17, 15) is 18.0 Å². The maximum absolute atomic E-state index is 12.1. The molecule has 0 bridgehead atoms. The first-order chi connectivity index (χ1) is 10.4. The quantitative estimate of drug-likeness (QED) is 0.784. The van der Waals surface area contributed by atoms with Crippen molar-refractivity contribution in [1.82, 2.24) is 0 Å². The second-order valence-electron chi connectivity index (χ2n) is 4.49. The van der Waals surface area contributed by atoms with Gasteiger partial charge in [-0.2, -0.15) is 13.2 Å². The standard InChI is InChI=1S/C16H13F3O3/c17-16(18,19)11-22-14-8-4-7-13(9-14)15(20)21-10-12-5-2-1-3-6-12/h1-9H,10-11H2. The first-order valence-electron chi connectivity index (χ1n) is 6.45. The van der Waals surface area contributed by atoms with Crippen molar-refractivity contribution in [3.05, 3.63) is 65.7 Å². The number of alkyl halides is 3.